The summed E-state index contributed by atoms with van der Waals surface area (Å²) in [4.78, 5) is 37.0. The number of aliphatic hydroxyl groups excluding tert-OH is 1. The molecule has 1 aliphatic heterocycles. The number of carboxylic acid groups (broad SMARTS) is 1. The molecule has 43 heavy (non-hydrogen) atoms. The number of anilines is 2. The number of carboxylic acids is 1. The molecule has 230 valence electrons. The number of urea groups is 1. The summed E-state index contributed by atoms with van der Waals surface area (Å²) in [7, 11) is 1.00. The normalized spacial score (nSPS) is 12.8. The molecule has 0 aliphatic carbocycles. The lowest BCUT2D eigenvalue weighted by atomic mass is 9.98. The lowest BCUT2D eigenvalue weighted by Gasteiger charge is -2.36. The quantitative estimate of drug-likeness (QED) is 0.175. The van der Waals surface area contributed by atoms with E-state index in [9.17, 15) is 19.8 Å². The van der Waals surface area contributed by atoms with Gasteiger partial charge in [0.15, 0.2) is 0 Å². The number of phenolic OH excluding ortho intramolecular Hbond substituents is 2. The molecule has 0 unspecified atom stereocenters. The Morgan fingerprint density at radius 3 is 1.98 bits per heavy atom. The van der Waals surface area contributed by atoms with E-state index in [1.807, 2.05) is 44.9 Å². The summed E-state index contributed by atoms with van der Waals surface area (Å²) in [6.45, 7) is 9.75. The molecular formula is C31H39N5O7. The van der Waals surface area contributed by atoms with Crippen LogP contribution in [0.15, 0.2) is 60.7 Å². The summed E-state index contributed by atoms with van der Waals surface area (Å²) in [6.07, 6.45) is 0. The Morgan fingerprint density at radius 1 is 0.930 bits per heavy atom. The van der Waals surface area contributed by atoms with Gasteiger partial charge < -0.3 is 35.9 Å². The first-order valence-electron chi connectivity index (χ1n) is 13.4. The highest BCUT2D eigenvalue weighted by Gasteiger charge is 2.24. The summed E-state index contributed by atoms with van der Waals surface area (Å²) in [5, 5.41) is 45.2. The summed E-state index contributed by atoms with van der Waals surface area (Å²) in [6, 6.07) is 15.9. The number of primary amides is 1. The van der Waals surface area contributed by atoms with Crippen LogP contribution < -0.4 is 15.5 Å². The number of aliphatic hydroxyl groups is 1. The standard InChI is InChI=1S/C29H33N5O5.CH4O.CH2O/c1-18(2)23-15-24(26(36)16-25(23)35)27(30)34(29(31)39)22-7-3-19(4-8-22)17-32-11-13-33(14-12-32)21-9-5-20(6-10-21)28(37)38;2*1-2/h3-10,15-16,18,30,35-36H,11-14,17H2,1-2H3,(H2,31,39)(H,37,38);2H,1H3;1H2. The zero-order valence-electron chi connectivity index (χ0n) is 24.5. The fourth-order valence-electron chi connectivity index (χ4n) is 4.72. The number of hydrogen-bond acceptors (Lipinski definition) is 9. The molecule has 0 spiro atoms. The molecule has 12 nitrogen and oxygen atoms in total. The van der Waals surface area contributed by atoms with Crippen LogP contribution in [0, 0.1) is 5.41 Å². The SMILES string of the molecule is C=O.CC(C)c1cc(C(=N)N(C(N)=O)c2ccc(CN3CCN(c4ccc(C(=O)O)cc4)CC3)cc2)c(O)cc1O.CO. The Labute approximate surface area is 250 Å². The summed E-state index contributed by atoms with van der Waals surface area (Å²) >= 11 is 0. The first-order chi connectivity index (χ1) is 20.5. The minimum absolute atomic E-state index is 0.0576. The van der Waals surface area contributed by atoms with Gasteiger partial charge in [0.25, 0.3) is 0 Å². The van der Waals surface area contributed by atoms with Crippen LogP contribution in [0.5, 0.6) is 11.5 Å². The maximum Gasteiger partial charge on any atom is 0.335 e. The Bertz CT molecular complexity index is 1390. The minimum atomic E-state index is -0.938. The van der Waals surface area contributed by atoms with E-state index in [0.717, 1.165) is 49.4 Å². The van der Waals surface area contributed by atoms with E-state index in [-0.39, 0.29) is 34.4 Å². The molecule has 0 atom stereocenters. The molecule has 0 radical (unpaired) electrons. The van der Waals surface area contributed by atoms with Gasteiger partial charge in [-0.2, -0.15) is 0 Å². The number of piperazine rings is 1. The number of aromatic carboxylic acids is 1. The fraction of sp³-hybridized carbons (Fsp3) is 0.290. The molecule has 0 aromatic heterocycles. The second kappa shape index (κ2) is 15.9. The Balaban J connectivity index is 0.00000155. The van der Waals surface area contributed by atoms with Crippen LogP contribution in [0.3, 0.4) is 0 Å². The highest BCUT2D eigenvalue weighted by atomic mass is 16.4. The van der Waals surface area contributed by atoms with Crippen molar-refractivity contribution in [1.82, 2.24) is 4.90 Å². The minimum Gasteiger partial charge on any atom is -0.508 e. The Kier molecular flexibility index (Phi) is 12.7. The van der Waals surface area contributed by atoms with Crippen LogP contribution in [0.25, 0.3) is 0 Å². The number of nitrogens with zero attached hydrogens (tertiary/aromatic N) is 3. The average molecular weight is 594 g/mol. The number of amidine groups is 1. The summed E-state index contributed by atoms with van der Waals surface area (Å²) in [5.74, 6) is -1.68. The van der Waals surface area contributed by atoms with E-state index < -0.39 is 12.0 Å². The van der Waals surface area contributed by atoms with Crippen molar-refractivity contribution in [3.8, 4) is 11.5 Å². The van der Waals surface area contributed by atoms with Crippen molar-refractivity contribution in [2.24, 2.45) is 5.73 Å². The highest BCUT2D eigenvalue weighted by Crippen LogP contribution is 2.33. The van der Waals surface area contributed by atoms with Gasteiger partial charge in [-0.25, -0.2) is 14.5 Å². The third-order valence-electron chi connectivity index (χ3n) is 6.92. The van der Waals surface area contributed by atoms with E-state index in [2.05, 4.69) is 9.80 Å². The predicted octanol–water partition coefficient (Wildman–Crippen LogP) is 3.58. The smallest absolute Gasteiger partial charge is 0.335 e. The average Bonchev–Trinajstić information content (AvgIpc) is 3.00. The van der Waals surface area contributed by atoms with Crippen molar-refractivity contribution >= 4 is 36.0 Å². The molecule has 1 fully saturated rings. The van der Waals surface area contributed by atoms with Crippen LogP contribution in [0.4, 0.5) is 16.2 Å². The zero-order chi connectivity index (χ0) is 32.3. The number of benzene rings is 3. The number of carbonyl (C=O) groups is 3. The van der Waals surface area contributed by atoms with Gasteiger partial charge in [0.05, 0.1) is 16.8 Å². The molecule has 0 bridgehead atoms. The first-order valence-corrected chi connectivity index (χ1v) is 13.4. The molecule has 1 heterocycles. The van der Waals surface area contributed by atoms with Crippen molar-refractivity contribution < 1.29 is 34.8 Å². The number of aromatic hydroxyl groups is 2. The molecule has 2 amide bonds. The van der Waals surface area contributed by atoms with Crippen LogP contribution in [-0.2, 0) is 11.3 Å². The van der Waals surface area contributed by atoms with E-state index in [0.29, 0.717) is 17.8 Å². The monoisotopic (exact) mass is 593 g/mol. The molecule has 12 heteroatoms. The fourth-order valence-corrected chi connectivity index (χ4v) is 4.72. The van der Waals surface area contributed by atoms with Gasteiger partial charge in [-0.05, 0) is 59.5 Å². The van der Waals surface area contributed by atoms with Gasteiger partial charge in [-0.15, -0.1) is 0 Å². The van der Waals surface area contributed by atoms with Crippen LogP contribution >= 0.6 is 0 Å². The molecule has 3 aromatic carbocycles. The topological polar surface area (TPSA) is 192 Å². The van der Waals surface area contributed by atoms with E-state index in [1.165, 1.54) is 12.1 Å². The Morgan fingerprint density at radius 2 is 1.49 bits per heavy atom. The number of carbonyl (C=O) groups excluding carboxylic acids is 2. The number of phenols is 2. The second-order valence-corrected chi connectivity index (χ2v) is 9.89. The number of nitrogens with two attached hydrogens (primary N) is 1. The number of hydrogen-bond donors (Lipinski definition) is 6. The van der Waals surface area contributed by atoms with Crippen LogP contribution in [-0.4, -0.2) is 83.2 Å². The second-order valence-electron chi connectivity index (χ2n) is 9.89. The lowest BCUT2D eigenvalue weighted by molar-refractivity contribution is -0.0980. The van der Waals surface area contributed by atoms with Gasteiger partial charge in [0, 0.05) is 51.6 Å². The maximum atomic E-state index is 12.3. The van der Waals surface area contributed by atoms with Crippen LogP contribution in [0.1, 0.15) is 46.8 Å². The van der Waals surface area contributed by atoms with E-state index >= 15 is 0 Å². The highest BCUT2D eigenvalue weighted by molar-refractivity contribution is 6.22. The first kappa shape index (κ1) is 34.3. The number of amides is 2. The third kappa shape index (κ3) is 8.53. The number of nitrogens with one attached hydrogen (secondary N) is 1. The predicted molar refractivity (Wildman–Crippen MR) is 165 cm³/mol. The zero-order valence-corrected chi connectivity index (χ0v) is 24.5. The van der Waals surface area contributed by atoms with Gasteiger partial charge >= 0.3 is 12.0 Å². The van der Waals surface area contributed by atoms with Gasteiger partial charge in [-0.3, -0.25) is 10.3 Å². The van der Waals surface area contributed by atoms with Crippen molar-refractivity contribution in [2.75, 3.05) is 43.1 Å². The molecule has 1 saturated heterocycles. The molecule has 1 aliphatic rings. The molecule has 0 saturated carbocycles. The van der Waals surface area contributed by atoms with Crippen LogP contribution in [0.2, 0.25) is 0 Å². The third-order valence-corrected chi connectivity index (χ3v) is 6.92. The summed E-state index contributed by atoms with van der Waals surface area (Å²) < 4.78 is 0. The van der Waals surface area contributed by atoms with Gasteiger partial charge in [0.2, 0.25) is 0 Å². The molecular weight excluding hydrogens is 554 g/mol. The molecule has 4 rings (SSSR count). The molecule has 3 aromatic rings. The maximum absolute atomic E-state index is 12.3. The van der Waals surface area contributed by atoms with Gasteiger partial charge in [0.1, 0.15) is 24.1 Å². The lowest BCUT2D eigenvalue weighted by Crippen LogP contribution is -2.46. The largest absolute Gasteiger partial charge is 0.508 e. The van der Waals surface area contributed by atoms with Gasteiger partial charge in [-0.1, -0.05) is 26.0 Å². The Hall–Kier alpha value is -4.94. The number of rotatable bonds is 7. The van der Waals surface area contributed by atoms with E-state index in [1.54, 1.807) is 24.3 Å². The van der Waals surface area contributed by atoms with Crippen molar-refractivity contribution in [2.45, 2.75) is 26.3 Å². The van der Waals surface area contributed by atoms with E-state index in [4.69, 9.17) is 26.2 Å². The molecule has 7 N–H and O–H groups in total. The van der Waals surface area contributed by atoms with Crippen molar-refractivity contribution in [3.05, 3.63) is 82.9 Å². The summed E-state index contributed by atoms with van der Waals surface area (Å²) in [5.41, 5.74) is 8.96. The van der Waals surface area contributed by atoms with Crippen molar-refractivity contribution in [1.29, 1.82) is 5.41 Å². The van der Waals surface area contributed by atoms with Crippen molar-refractivity contribution in [3.63, 3.8) is 0 Å².